The topological polar surface area (TPSA) is 70.6 Å². The normalized spacial score (nSPS) is 14.2. The number of aromatic nitrogens is 2. The molecule has 0 spiro atoms. The second-order valence-corrected chi connectivity index (χ2v) is 8.38. The molecular formula is C26H31N5O2. The Hall–Kier alpha value is -3.45. The van der Waals surface area contributed by atoms with Gasteiger partial charge in [0, 0.05) is 51.5 Å². The van der Waals surface area contributed by atoms with Gasteiger partial charge in [-0.15, -0.1) is 0 Å². The zero-order chi connectivity index (χ0) is 23.0. The summed E-state index contributed by atoms with van der Waals surface area (Å²) in [6, 6.07) is 14.4. The molecule has 33 heavy (non-hydrogen) atoms. The van der Waals surface area contributed by atoms with Crippen molar-refractivity contribution in [3.8, 4) is 5.75 Å². The summed E-state index contributed by atoms with van der Waals surface area (Å²) in [6.07, 6.45) is 10.3. The average Bonchev–Trinajstić information content (AvgIpc) is 2.85. The molecule has 2 amide bonds. The van der Waals surface area contributed by atoms with E-state index in [9.17, 15) is 4.79 Å². The number of benzene rings is 1. The maximum atomic E-state index is 12.1. The van der Waals surface area contributed by atoms with E-state index in [2.05, 4.69) is 33.5 Å². The predicted octanol–water partition coefficient (Wildman–Crippen LogP) is 4.21. The van der Waals surface area contributed by atoms with Crippen molar-refractivity contribution < 1.29 is 9.53 Å². The number of hydrogen-bond donors (Lipinski definition) is 1. The van der Waals surface area contributed by atoms with Crippen molar-refractivity contribution in [1.82, 2.24) is 20.2 Å². The highest BCUT2D eigenvalue weighted by Crippen LogP contribution is 2.30. The smallest absolute Gasteiger partial charge is 0.324 e. The lowest BCUT2D eigenvalue weighted by molar-refractivity contribution is 0.212. The van der Waals surface area contributed by atoms with Gasteiger partial charge in [0.05, 0.1) is 12.3 Å². The number of aryl methyl sites for hydroxylation is 1. The van der Waals surface area contributed by atoms with Crippen LogP contribution in [0, 0.1) is 0 Å². The van der Waals surface area contributed by atoms with Crippen LogP contribution in [0.25, 0.3) is 0 Å². The van der Waals surface area contributed by atoms with Gasteiger partial charge in [-0.1, -0.05) is 6.07 Å². The van der Waals surface area contributed by atoms with Gasteiger partial charge in [0.2, 0.25) is 0 Å². The van der Waals surface area contributed by atoms with Crippen LogP contribution >= 0.6 is 0 Å². The van der Waals surface area contributed by atoms with Gasteiger partial charge in [-0.3, -0.25) is 14.9 Å². The Morgan fingerprint density at radius 2 is 1.94 bits per heavy atom. The number of carbonyl (C=O) groups is 1. The van der Waals surface area contributed by atoms with E-state index in [0.717, 1.165) is 42.8 Å². The molecular weight excluding hydrogens is 414 g/mol. The fourth-order valence-corrected chi connectivity index (χ4v) is 4.17. The molecule has 2 aromatic heterocycles. The molecule has 1 N–H and O–H groups in total. The zero-order valence-corrected chi connectivity index (χ0v) is 19.3. The first-order chi connectivity index (χ1) is 16.1. The highest BCUT2D eigenvalue weighted by atomic mass is 16.5. The lowest BCUT2D eigenvalue weighted by Crippen LogP contribution is -2.42. The van der Waals surface area contributed by atoms with E-state index in [1.807, 2.05) is 49.9 Å². The first-order valence-corrected chi connectivity index (χ1v) is 11.4. The third-order valence-corrected chi connectivity index (χ3v) is 5.97. The van der Waals surface area contributed by atoms with Crippen LogP contribution in [0.4, 0.5) is 10.5 Å². The molecule has 4 rings (SSSR count). The first-order valence-electron chi connectivity index (χ1n) is 11.4. The summed E-state index contributed by atoms with van der Waals surface area (Å²) in [5.41, 5.74) is 4.53. The highest BCUT2D eigenvalue weighted by Gasteiger charge is 2.25. The number of hydrogen-bond acceptors (Lipinski definition) is 5. The Morgan fingerprint density at radius 3 is 2.73 bits per heavy atom. The number of ether oxygens (including phenoxy) is 1. The minimum absolute atomic E-state index is 0.00882. The quantitative estimate of drug-likeness (QED) is 0.474. The number of pyridine rings is 2. The molecule has 1 unspecified atom stereocenters. The SMILES string of the molecule is CN1Cc2cc(OCCCNC(CCc3cccnc3)c3ccncc3)ccc2N(C)C1=O. The number of carbonyl (C=O) groups excluding carboxylic acids is 1. The summed E-state index contributed by atoms with van der Waals surface area (Å²) in [5.74, 6) is 0.840. The van der Waals surface area contributed by atoms with Gasteiger partial charge < -0.3 is 15.0 Å². The molecule has 172 valence electrons. The van der Waals surface area contributed by atoms with Gasteiger partial charge in [0.1, 0.15) is 5.75 Å². The largest absolute Gasteiger partial charge is 0.494 e. The first kappa shape index (κ1) is 22.7. The molecule has 0 saturated heterocycles. The summed E-state index contributed by atoms with van der Waals surface area (Å²) in [4.78, 5) is 23.9. The van der Waals surface area contributed by atoms with Gasteiger partial charge in [-0.2, -0.15) is 0 Å². The number of nitrogens with one attached hydrogen (secondary N) is 1. The minimum Gasteiger partial charge on any atom is -0.494 e. The molecule has 7 heteroatoms. The lowest BCUT2D eigenvalue weighted by atomic mass is 10.0. The number of anilines is 1. The maximum Gasteiger partial charge on any atom is 0.324 e. The van der Waals surface area contributed by atoms with Crippen molar-refractivity contribution in [1.29, 1.82) is 0 Å². The third-order valence-electron chi connectivity index (χ3n) is 5.97. The summed E-state index contributed by atoms with van der Waals surface area (Å²) in [7, 11) is 3.62. The summed E-state index contributed by atoms with van der Waals surface area (Å²) < 4.78 is 6.01. The van der Waals surface area contributed by atoms with Crippen LogP contribution in [0.2, 0.25) is 0 Å². The Labute approximate surface area is 195 Å². The molecule has 1 aliphatic heterocycles. The molecule has 3 aromatic rings. The summed E-state index contributed by atoms with van der Waals surface area (Å²) >= 11 is 0. The Bertz CT molecular complexity index is 1050. The third kappa shape index (κ3) is 5.87. The molecule has 7 nitrogen and oxygen atoms in total. The van der Waals surface area contributed by atoms with Crippen molar-refractivity contribution in [2.75, 3.05) is 32.1 Å². The van der Waals surface area contributed by atoms with Gasteiger partial charge in [-0.25, -0.2) is 4.79 Å². The fourth-order valence-electron chi connectivity index (χ4n) is 4.17. The van der Waals surface area contributed by atoms with Crippen molar-refractivity contribution >= 4 is 11.7 Å². The van der Waals surface area contributed by atoms with E-state index < -0.39 is 0 Å². The predicted molar refractivity (Wildman–Crippen MR) is 129 cm³/mol. The van der Waals surface area contributed by atoms with Crippen LogP contribution in [0.15, 0.2) is 67.3 Å². The van der Waals surface area contributed by atoms with Crippen LogP contribution in [0.5, 0.6) is 5.75 Å². The van der Waals surface area contributed by atoms with Crippen molar-refractivity contribution in [2.24, 2.45) is 0 Å². The summed E-state index contributed by atoms with van der Waals surface area (Å²) in [6.45, 7) is 2.08. The monoisotopic (exact) mass is 445 g/mol. The van der Waals surface area contributed by atoms with Gasteiger partial charge in [0.15, 0.2) is 0 Å². The second-order valence-electron chi connectivity index (χ2n) is 8.38. The van der Waals surface area contributed by atoms with Crippen molar-refractivity contribution in [3.05, 3.63) is 83.9 Å². The van der Waals surface area contributed by atoms with Crippen LogP contribution in [0.1, 0.15) is 35.6 Å². The second kappa shape index (κ2) is 10.9. The van der Waals surface area contributed by atoms with Crippen molar-refractivity contribution in [3.63, 3.8) is 0 Å². The molecule has 0 fully saturated rings. The van der Waals surface area contributed by atoms with Gasteiger partial charge in [-0.05, 0) is 78.9 Å². The van der Waals surface area contributed by atoms with Crippen LogP contribution in [-0.4, -0.2) is 48.1 Å². The molecule has 1 aromatic carbocycles. The minimum atomic E-state index is 0.00882. The highest BCUT2D eigenvalue weighted by molar-refractivity contribution is 5.94. The number of rotatable bonds is 10. The molecule has 0 bridgehead atoms. The zero-order valence-electron chi connectivity index (χ0n) is 19.3. The number of amides is 2. The molecule has 3 heterocycles. The van der Waals surface area contributed by atoms with Gasteiger partial charge in [0.25, 0.3) is 0 Å². The molecule has 1 atom stereocenters. The van der Waals surface area contributed by atoms with E-state index in [1.54, 1.807) is 23.0 Å². The molecule has 0 aliphatic carbocycles. The molecule has 0 radical (unpaired) electrons. The lowest BCUT2D eigenvalue weighted by Gasteiger charge is -2.32. The maximum absolute atomic E-state index is 12.1. The Balaban J connectivity index is 1.27. The number of urea groups is 1. The Morgan fingerprint density at radius 1 is 1.09 bits per heavy atom. The number of nitrogens with zero attached hydrogens (tertiary/aromatic N) is 4. The average molecular weight is 446 g/mol. The standard InChI is InChI=1S/C26H31N5O2/c1-30-19-22-17-23(7-9-25(22)31(2)26(30)32)33-16-4-13-29-24(21-10-14-27-15-11-21)8-6-20-5-3-12-28-18-20/h3,5,7,9-12,14-15,17-18,24,29H,4,6,8,13,16,19H2,1-2H3. The van der Waals surface area contributed by atoms with E-state index in [4.69, 9.17) is 4.74 Å². The fraction of sp³-hybridized carbons (Fsp3) is 0.346. The van der Waals surface area contributed by atoms with Crippen LogP contribution < -0.4 is 15.0 Å². The van der Waals surface area contributed by atoms with Gasteiger partial charge >= 0.3 is 6.03 Å². The van der Waals surface area contributed by atoms with E-state index in [0.29, 0.717) is 13.2 Å². The van der Waals surface area contributed by atoms with E-state index >= 15 is 0 Å². The van der Waals surface area contributed by atoms with Crippen LogP contribution in [0.3, 0.4) is 0 Å². The molecule has 1 aliphatic rings. The molecule has 0 saturated carbocycles. The number of fused-ring (bicyclic) bond motifs is 1. The van der Waals surface area contributed by atoms with Crippen LogP contribution in [-0.2, 0) is 13.0 Å². The van der Waals surface area contributed by atoms with Crippen molar-refractivity contribution in [2.45, 2.75) is 31.8 Å². The van der Waals surface area contributed by atoms with E-state index in [1.165, 1.54) is 11.1 Å². The summed E-state index contributed by atoms with van der Waals surface area (Å²) in [5, 5.41) is 3.68. The van der Waals surface area contributed by atoms with E-state index in [-0.39, 0.29) is 12.1 Å². The Kier molecular flexibility index (Phi) is 7.52.